The smallest absolute Gasteiger partial charge is 0.265 e. The number of fused-ring (bicyclic) bond motifs is 1. The molecular weight excluding hydrogens is 332 g/mol. The number of aryl methyl sites for hydroxylation is 1. The predicted octanol–water partition coefficient (Wildman–Crippen LogP) is 2.61. The van der Waals surface area contributed by atoms with Gasteiger partial charge in [0.15, 0.2) is 0 Å². The van der Waals surface area contributed by atoms with Crippen molar-refractivity contribution < 1.29 is 0 Å². The number of pyridine rings is 1. The molecule has 1 aromatic carbocycles. The first-order valence-electron chi connectivity index (χ1n) is 6.70. The summed E-state index contributed by atoms with van der Waals surface area (Å²) in [5.41, 5.74) is 8.18. The van der Waals surface area contributed by atoms with E-state index in [1.165, 1.54) is 0 Å². The quantitative estimate of drug-likeness (QED) is 0.792. The maximum absolute atomic E-state index is 12.2. The first-order chi connectivity index (χ1) is 10.1. The van der Waals surface area contributed by atoms with Gasteiger partial charge in [-0.2, -0.15) is 5.10 Å². The van der Waals surface area contributed by atoms with Gasteiger partial charge in [-0.05, 0) is 35.0 Å². The first kappa shape index (κ1) is 13.9. The molecule has 0 aliphatic carbocycles. The van der Waals surface area contributed by atoms with E-state index in [9.17, 15) is 4.79 Å². The first-order valence-corrected chi connectivity index (χ1v) is 7.49. The van der Waals surface area contributed by atoms with Crippen LogP contribution in [0.15, 0.2) is 45.8 Å². The van der Waals surface area contributed by atoms with Crippen LogP contribution in [-0.2, 0) is 13.1 Å². The molecule has 2 heterocycles. The molecule has 2 N–H and O–H groups in total. The van der Waals surface area contributed by atoms with Gasteiger partial charge >= 0.3 is 0 Å². The van der Waals surface area contributed by atoms with Crippen molar-refractivity contribution >= 4 is 32.5 Å². The van der Waals surface area contributed by atoms with Crippen LogP contribution in [0.3, 0.4) is 0 Å². The number of rotatable bonds is 3. The molecule has 0 saturated carbocycles. The van der Waals surface area contributed by atoms with Gasteiger partial charge in [-0.1, -0.05) is 18.2 Å². The van der Waals surface area contributed by atoms with Crippen LogP contribution in [0.25, 0.3) is 10.9 Å². The summed E-state index contributed by atoms with van der Waals surface area (Å²) in [5.74, 6) is 0. The van der Waals surface area contributed by atoms with Crippen LogP contribution in [0.2, 0.25) is 0 Å². The molecule has 0 amide bonds. The fourth-order valence-electron chi connectivity index (χ4n) is 2.45. The Balaban J connectivity index is 2.13. The van der Waals surface area contributed by atoms with Gasteiger partial charge in [0.2, 0.25) is 0 Å². The Kier molecular flexibility index (Phi) is 3.55. The Morgan fingerprint density at radius 2 is 2.10 bits per heavy atom. The molecule has 0 saturated heterocycles. The highest BCUT2D eigenvalue weighted by atomic mass is 79.9. The van der Waals surface area contributed by atoms with Crippen molar-refractivity contribution in [3.05, 3.63) is 57.0 Å². The molecule has 0 spiro atoms. The molecular formula is C15H15BrN4O. The molecule has 0 fully saturated rings. The maximum atomic E-state index is 12.2. The van der Waals surface area contributed by atoms with E-state index in [1.54, 1.807) is 16.8 Å². The number of nitrogens with zero attached hydrogens (tertiary/aromatic N) is 3. The molecule has 6 heteroatoms. The van der Waals surface area contributed by atoms with Gasteiger partial charge in [0, 0.05) is 23.8 Å². The molecule has 0 aliphatic rings. The van der Waals surface area contributed by atoms with E-state index in [0.29, 0.717) is 16.7 Å². The highest BCUT2D eigenvalue weighted by molar-refractivity contribution is 9.10. The number of anilines is 1. The largest absolute Gasteiger partial charge is 0.398 e. The number of benzene rings is 1. The zero-order valence-electron chi connectivity index (χ0n) is 11.6. The zero-order valence-corrected chi connectivity index (χ0v) is 13.2. The Labute approximate surface area is 130 Å². The maximum Gasteiger partial charge on any atom is 0.265 e. The van der Waals surface area contributed by atoms with E-state index in [-0.39, 0.29) is 5.56 Å². The van der Waals surface area contributed by atoms with Gasteiger partial charge < -0.3 is 10.3 Å². The van der Waals surface area contributed by atoms with Crippen LogP contribution in [-0.4, -0.2) is 14.3 Å². The Morgan fingerprint density at radius 3 is 2.86 bits per heavy atom. The van der Waals surface area contributed by atoms with Crippen molar-refractivity contribution in [2.75, 3.05) is 5.73 Å². The van der Waals surface area contributed by atoms with Crippen LogP contribution in [0.1, 0.15) is 12.6 Å². The van der Waals surface area contributed by atoms with Crippen LogP contribution in [0, 0.1) is 0 Å². The second-order valence-electron chi connectivity index (χ2n) is 4.83. The number of hydrogen-bond acceptors (Lipinski definition) is 3. The molecule has 0 bridgehead atoms. The van der Waals surface area contributed by atoms with Crippen LogP contribution in [0.5, 0.6) is 0 Å². The number of para-hydroxylation sites is 1. The van der Waals surface area contributed by atoms with Crippen LogP contribution < -0.4 is 11.3 Å². The van der Waals surface area contributed by atoms with Gasteiger partial charge in [-0.15, -0.1) is 0 Å². The van der Waals surface area contributed by atoms with E-state index in [1.807, 2.05) is 35.9 Å². The van der Waals surface area contributed by atoms with Gasteiger partial charge in [0.25, 0.3) is 5.56 Å². The van der Waals surface area contributed by atoms with Crippen LogP contribution in [0.4, 0.5) is 5.69 Å². The van der Waals surface area contributed by atoms with Gasteiger partial charge in [0.1, 0.15) is 0 Å². The number of nitrogens with two attached hydrogens (primary N) is 1. The summed E-state index contributed by atoms with van der Waals surface area (Å²) in [7, 11) is 0. The second kappa shape index (κ2) is 5.37. The molecule has 0 atom stereocenters. The number of nitrogen functional groups attached to an aromatic ring is 1. The van der Waals surface area contributed by atoms with E-state index in [2.05, 4.69) is 21.0 Å². The summed E-state index contributed by atoms with van der Waals surface area (Å²) in [6, 6.07) is 9.64. The third kappa shape index (κ3) is 2.47. The Hall–Kier alpha value is -2.08. The van der Waals surface area contributed by atoms with Crippen molar-refractivity contribution in [2.45, 2.75) is 20.0 Å². The van der Waals surface area contributed by atoms with E-state index in [0.717, 1.165) is 23.1 Å². The van der Waals surface area contributed by atoms with Gasteiger partial charge in [-0.3, -0.25) is 9.48 Å². The topological polar surface area (TPSA) is 65.8 Å². The van der Waals surface area contributed by atoms with Crippen molar-refractivity contribution in [2.24, 2.45) is 0 Å². The summed E-state index contributed by atoms with van der Waals surface area (Å²) in [6.45, 7) is 3.23. The lowest BCUT2D eigenvalue weighted by molar-refractivity contribution is 0.647. The third-order valence-electron chi connectivity index (χ3n) is 3.42. The predicted molar refractivity (Wildman–Crippen MR) is 87.3 cm³/mol. The average Bonchev–Trinajstić information content (AvgIpc) is 2.82. The highest BCUT2D eigenvalue weighted by Crippen LogP contribution is 2.19. The fraction of sp³-hybridized carbons (Fsp3) is 0.200. The minimum Gasteiger partial charge on any atom is -0.398 e. The lowest BCUT2D eigenvalue weighted by atomic mass is 10.2. The minimum atomic E-state index is -0.112. The van der Waals surface area contributed by atoms with Gasteiger partial charge in [0.05, 0.1) is 22.2 Å². The molecule has 3 aromatic rings. The standard InChI is InChI=1S/C15H15BrN4O/c1-2-20-14-6-4-3-5-11(14)13(18-20)9-19-8-10(17)7-12(16)15(19)21/h3-8H,2,9,17H2,1H3. The number of hydrogen-bond donors (Lipinski definition) is 1. The number of aromatic nitrogens is 3. The van der Waals surface area contributed by atoms with Gasteiger partial charge in [-0.25, -0.2) is 0 Å². The van der Waals surface area contributed by atoms with Crippen molar-refractivity contribution in [3.63, 3.8) is 0 Å². The summed E-state index contributed by atoms with van der Waals surface area (Å²) in [5, 5.41) is 5.66. The molecule has 5 nitrogen and oxygen atoms in total. The minimum absolute atomic E-state index is 0.112. The van der Waals surface area contributed by atoms with E-state index < -0.39 is 0 Å². The van der Waals surface area contributed by atoms with E-state index in [4.69, 9.17) is 5.73 Å². The summed E-state index contributed by atoms with van der Waals surface area (Å²) < 4.78 is 3.98. The molecule has 0 unspecified atom stereocenters. The average molecular weight is 347 g/mol. The van der Waals surface area contributed by atoms with Crippen LogP contribution >= 0.6 is 15.9 Å². The number of halogens is 1. The lowest BCUT2D eigenvalue weighted by Crippen LogP contribution is -2.21. The fourth-order valence-corrected chi connectivity index (χ4v) is 2.95. The third-order valence-corrected chi connectivity index (χ3v) is 3.99. The van der Waals surface area contributed by atoms with E-state index >= 15 is 0 Å². The van der Waals surface area contributed by atoms with Crippen molar-refractivity contribution in [1.82, 2.24) is 14.3 Å². The molecule has 0 aliphatic heterocycles. The second-order valence-corrected chi connectivity index (χ2v) is 5.69. The summed E-state index contributed by atoms with van der Waals surface area (Å²) in [4.78, 5) is 12.2. The molecule has 21 heavy (non-hydrogen) atoms. The van der Waals surface area contributed by atoms with Crippen molar-refractivity contribution in [1.29, 1.82) is 0 Å². The molecule has 0 radical (unpaired) electrons. The highest BCUT2D eigenvalue weighted by Gasteiger charge is 2.11. The monoisotopic (exact) mass is 346 g/mol. The SMILES string of the molecule is CCn1nc(Cn2cc(N)cc(Br)c2=O)c2ccccc21. The Bertz CT molecular complexity index is 866. The lowest BCUT2D eigenvalue weighted by Gasteiger charge is -2.06. The molecule has 108 valence electrons. The Morgan fingerprint density at radius 1 is 1.33 bits per heavy atom. The summed E-state index contributed by atoms with van der Waals surface area (Å²) >= 11 is 3.24. The molecule has 2 aromatic heterocycles. The van der Waals surface area contributed by atoms with Crippen molar-refractivity contribution in [3.8, 4) is 0 Å². The zero-order chi connectivity index (χ0) is 15.0. The normalized spacial score (nSPS) is 11.1. The summed E-state index contributed by atoms with van der Waals surface area (Å²) in [6.07, 6.45) is 1.65. The molecule has 3 rings (SSSR count).